The van der Waals surface area contributed by atoms with Crippen LogP contribution in [0.5, 0.6) is 0 Å². The van der Waals surface area contributed by atoms with E-state index >= 15 is 0 Å². The number of aliphatic hydroxyl groups excluding tert-OH is 3. The molecular formula is C5H9NO8. The molecule has 1 aliphatic rings. The molecule has 1 heterocycles. The maximum atomic E-state index is 9.89. The predicted molar refractivity (Wildman–Crippen MR) is 37.0 cm³/mol. The maximum absolute atomic E-state index is 9.89. The summed E-state index contributed by atoms with van der Waals surface area (Å²) in [6, 6.07) is 0. The van der Waals surface area contributed by atoms with Gasteiger partial charge in [-0.05, 0) is 0 Å². The molecular weight excluding hydrogens is 202 g/mol. The molecule has 1 rings (SSSR count). The van der Waals surface area contributed by atoms with Crippen molar-refractivity contribution in [1.29, 1.82) is 0 Å². The van der Waals surface area contributed by atoms with Gasteiger partial charge < -0.3 is 25.2 Å². The molecule has 4 atom stereocenters. The van der Waals surface area contributed by atoms with E-state index in [9.17, 15) is 15.2 Å². The van der Waals surface area contributed by atoms with E-state index in [1.165, 1.54) is 0 Å². The molecule has 0 aromatic rings. The Bertz CT molecular complexity index is 234. The smallest absolute Gasteiger partial charge is 0.352 e. The van der Waals surface area contributed by atoms with Crippen LogP contribution in [0.2, 0.25) is 0 Å². The predicted octanol–water partition coefficient (Wildman–Crippen LogP) is -3.05. The van der Waals surface area contributed by atoms with Crippen molar-refractivity contribution in [2.75, 3.05) is 6.61 Å². The summed E-state index contributed by atoms with van der Waals surface area (Å²) in [5, 5.41) is 44.8. The first-order valence-corrected chi connectivity index (χ1v) is 3.61. The van der Waals surface area contributed by atoms with Gasteiger partial charge in [-0.2, -0.15) is 0 Å². The molecule has 0 bridgehead atoms. The molecule has 9 nitrogen and oxygen atoms in total. The fourth-order valence-corrected chi connectivity index (χ4v) is 1.00. The van der Waals surface area contributed by atoms with E-state index in [1.807, 2.05) is 0 Å². The highest BCUT2D eigenvalue weighted by atomic mass is 17.0. The van der Waals surface area contributed by atoms with Crippen molar-refractivity contribution < 1.29 is 35.1 Å². The molecule has 1 fully saturated rings. The van der Waals surface area contributed by atoms with E-state index < -0.39 is 36.0 Å². The lowest BCUT2D eigenvalue weighted by molar-refractivity contribution is -0.821. The lowest BCUT2D eigenvalue weighted by Gasteiger charge is -2.38. The molecule has 0 aromatic carbocycles. The van der Waals surface area contributed by atoms with Crippen LogP contribution < -0.4 is 0 Å². The Morgan fingerprint density at radius 3 is 2.57 bits per heavy atom. The Kier molecular flexibility index (Phi) is 2.87. The molecule has 0 saturated carbocycles. The van der Waals surface area contributed by atoms with Gasteiger partial charge in [-0.25, -0.2) is 4.84 Å². The van der Waals surface area contributed by atoms with Crippen LogP contribution in [0.15, 0.2) is 0 Å². The van der Waals surface area contributed by atoms with Crippen LogP contribution >= 0.6 is 0 Å². The molecule has 82 valence electrons. The van der Waals surface area contributed by atoms with Crippen molar-refractivity contribution in [1.82, 2.24) is 0 Å². The van der Waals surface area contributed by atoms with Gasteiger partial charge in [0.2, 0.25) is 0 Å². The molecule has 1 saturated heterocycles. The topological polar surface area (TPSA) is 143 Å². The van der Waals surface area contributed by atoms with Crippen molar-refractivity contribution in [3.8, 4) is 0 Å². The minimum Gasteiger partial charge on any atom is -0.388 e. The summed E-state index contributed by atoms with van der Waals surface area (Å²) in [7, 11) is 0. The Hall–Kier alpha value is -1.00. The van der Waals surface area contributed by atoms with Crippen LogP contribution in [0.3, 0.4) is 0 Å². The van der Waals surface area contributed by atoms with Crippen LogP contribution in [-0.4, -0.2) is 56.4 Å². The first-order valence-electron chi connectivity index (χ1n) is 3.61. The number of hydrogen-bond acceptors (Lipinski definition) is 8. The van der Waals surface area contributed by atoms with Crippen LogP contribution in [0.1, 0.15) is 0 Å². The third-order valence-corrected chi connectivity index (χ3v) is 1.76. The summed E-state index contributed by atoms with van der Waals surface area (Å²) < 4.78 is 4.30. The number of hydrogen-bond donors (Lipinski definition) is 4. The van der Waals surface area contributed by atoms with Gasteiger partial charge in [0, 0.05) is 0 Å². The maximum Gasteiger partial charge on any atom is 0.352 e. The van der Waals surface area contributed by atoms with Crippen LogP contribution in [0.25, 0.3) is 0 Å². The van der Waals surface area contributed by atoms with E-state index in [2.05, 4.69) is 9.57 Å². The summed E-state index contributed by atoms with van der Waals surface area (Å²) >= 11 is 0. The van der Waals surface area contributed by atoms with Crippen LogP contribution in [-0.2, 0) is 9.57 Å². The van der Waals surface area contributed by atoms with Gasteiger partial charge in [0.25, 0.3) is 5.09 Å². The Balaban J connectivity index is 2.74. The fourth-order valence-electron chi connectivity index (χ4n) is 1.00. The molecule has 0 aliphatic carbocycles. The van der Waals surface area contributed by atoms with Crippen LogP contribution in [0.4, 0.5) is 0 Å². The second kappa shape index (κ2) is 3.63. The second-order valence-electron chi connectivity index (χ2n) is 2.76. The fraction of sp³-hybridized carbons (Fsp3) is 1.00. The van der Waals surface area contributed by atoms with Gasteiger partial charge in [-0.1, -0.05) is 0 Å². The zero-order valence-corrected chi connectivity index (χ0v) is 6.81. The van der Waals surface area contributed by atoms with Crippen molar-refractivity contribution in [3.63, 3.8) is 0 Å². The molecule has 0 radical (unpaired) electrons. The number of rotatable bonds is 2. The van der Waals surface area contributed by atoms with Gasteiger partial charge in [-0.3, -0.25) is 0 Å². The lowest BCUT2D eigenvalue weighted by Crippen LogP contribution is -2.62. The highest BCUT2D eigenvalue weighted by Gasteiger charge is 2.51. The zero-order valence-electron chi connectivity index (χ0n) is 6.81. The third kappa shape index (κ3) is 1.91. The van der Waals surface area contributed by atoms with E-state index in [4.69, 9.17) is 15.3 Å². The van der Waals surface area contributed by atoms with Gasteiger partial charge in [-0.15, -0.1) is 10.1 Å². The van der Waals surface area contributed by atoms with Crippen molar-refractivity contribution in [2.45, 2.75) is 24.3 Å². The van der Waals surface area contributed by atoms with Crippen molar-refractivity contribution in [2.24, 2.45) is 0 Å². The average Bonchev–Trinajstić information content (AvgIpc) is 2.08. The molecule has 0 spiro atoms. The monoisotopic (exact) mass is 211 g/mol. The molecule has 1 unspecified atom stereocenters. The largest absolute Gasteiger partial charge is 0.388 e. The van der Waals surface area contributed by atoms with Crippen LogP contribution in [0, 0.1) is 10.1 Å². The molecule has 9 heteroatoms. The quantitative estimate of drug-likeness (QED) is 0.214. The van der Waals surface area contributed by atoms with Gasteiger partial charge in [0.05, 0.1) is 6.61 Å². The molecule has 4 N–H and O–H groups in total. The van der Waals surface area contributed by atoms with Crippen molar-refractivity contribution in [3.05, 3.63) is 10.1 Å². The minimum absolute atomic E-state index is 0.595. The number of aliphatic hydroxyl groups is 4. The van der Waals surface area contributed by atoms with E-state index in [1.54, 1.807) is 0 Å². The Morgan fingerprint density at radius 2 is 2.07 bits per heavy atom. The van der Waals surface area contributed by atoms with E-state index in [0.717, 1.165) is 0 Å². The van der Waals surface area contributed by atoms with E-state index in [0.29, 0.717) is 0 Å². The summed E-state index contributed by atoms with van der Waals surface area (Å²) in [6.07, 6.45) is -5.36. The first-order chi connectivity index (χ1) is 6.37. The van der Waals surface area contributed by atoms with Gasteiger partial charge in [0.15, 0.2) is 6.10 Å². The number of ether oxygens (including phenoxy) is 1. The zero-order chi connectivity index (χ0) is 10.9. The van der Waals surface area contributed by atoms with Crippen molar-refractivity contribution >= 4 is 0 Å². The molecule has 14 heavy (non-hydrogen) atoms. The highest BCUT2D eigenvalue weighted by Crippen LogP contribution is 2.24. The summed E-state index contributed by atoms with van der Waals surface area (Å²) in [5.74, 6) is -2.94. The standard InChI is InChI=1S/C5H9NO8/c7-2-1-13-5(10,14-6(11)12)4(9)3(2)8/h2-4,7-10H,1H2/t2-,3+,4-,5?/m1/s1. The molecule has 0 aromatic heterocycles. The lowest BCUT2D eigenvalue weighted by atomic mass is 10.0. The summed E-state index contributed by atoms with van der Waals surface area (Å²) in [6.45, 7) is -0.595. The molecule has 1 aliphatic heterocycles. The van der Waals surface area contributed by atoms with Gasteiger partial charge >= 0.3 is 5.97 Å². The van der Waals surface area contributed by atoms with E-state index in [-0.39, 0.29) is 0 Å². The summed E-state index contributed by atoms with van der Waals surface area (Å²) in [4.78, 5) is 13.5. The number of nitrogens with zero attached hydrogens (tertiary/aromatic N) is 1. The average molecular weight is 211 g/mol. The second-order valence-corrected chi connectivity index (χ2v) is 2.76. The Morgan fingerprint density at radius 1 is 1.50 bits per heavy atom. The summed E-state index contributed by atoms with van der Waals surface area (Å²) in [5.41, 5.74) is 0. The SMILES string of the molecule is O=[N+]([O-])OC1(O)OC[C@@H](O)[C@H](O)[C@H]1O. The Labute approximate surface area is 77.2 Å². The van der Waals surface area contributed by atoms with Gasteiger partial charge in [0.1, 0.15) is 12.2 Å². The minimum atomic E-state index is -2.94. The first kappa shape index (κ1) is 11.1. The highest BCUT2D eigenvalue weighted by molar-refractivity contribution is 4.85. The third-order valence-electron chi connectivity index (χ3n) is 1.76. The molecule has 0 amide bonds. The normalized spacial score (nSPS) is 43.3.